The summed E-state index contributed by atoms with van der Waals surface area (Å²) in [5.41, 5.74) is 3.51. The molecule has 3 aromatic rings. The van der Waals surface area contributed by atoms with Crippen LogP contribution in [-0.4, -0.2) is 86.0 Å². The molecule has 36 heavy (non-hydrogen) atoms. The van der Waals surface area contributed by atoms with Crippen molar-refractivity contribution in [3.63, 3.8) is 0 Å². The van der Waals surface area contributed by atoms with Crippen molar-refractivity contribution in [2.75, 3.05) is 26.7 Å². The summed E-state index contributed by atoms with van der Waals surface area (Å²) in [6, 6.07) is 6.68. The average molecular weight is 494 g/mol. The van der Waals surface area contributed by atoms with Gasteiger partial charge in [0, 0.05) is 38.5 Å². The Balaban J connectivity index is 1.19. The van der Waals surface area contributed by atoms with Crippen molar-refractivity contribution in [1.29, 1.82) is 0 Å². The molecule has 12 heteroatoms. The van der Waals surface area contributed by atoms with Gasteiger partial charge in [-0.05, 0) is 53.1 Å². The van der Waals surface area contributed by atoms with Gasteiger partial charge < -0.3 is 19.9 Å². The molecule has 0 bridgehead atoms. The van der Waals surface area contributed by atoms with E-state index < -0.39 is 6.10 Å². The van der Waals surface area contributed by atoms with Gasteiger partial charge in [0.25, 0.3) is 5.91 Å². The number of piperidine rings is 1. The zero-order chi connectivity index (χ0) is 25.2. The number of benzene rings is 1. The van der Waals surface area contributed by atoms with E-state index in [1.165, 1.54) is 17.2 Å². The predicted molar refractivity (Wildman–Crippen MR) is 125 cm³/mol. The molecule has 1 saturated heterocycles. The Bertz CT molecular complexity index is 1250. The van der Waals surface area contributed by atoms with Crippen LogP contribution in [0.5, 0.6) is 0 Å². The Hall–Kier alpha value is -3.74. The van der Waals surface area contributed by atoms with Crippen LogP contribution in [-0.2, 0) is 16.1 Å². The number of amides is 1. The summed E-state index contributed by atoms with van der Waals surface area (Å²) >= 11 is 0. The number of methoxy groups -OCH3 is 1. The van der Waals surface area contributed by atoms with Crippen LogP contribution in [0, 0.1) is 6.92 Å². The van der Waals surface area contributed by atoms with Crippen molar-refractivity contribution >= 4 is 11.9 Å². The lowest BCUT2D eigenvalue weighted by Crippen LogP contribution is -2.55. The molecule has 12 nitrogen and oxygen atoms in total. The number of β-amino-alcohol motifs (C(OH)–C–C–N with tert-alkyl or cyclic N) is 1. The number of tetrazole rings is 1. The summed E-state index contributed by atoms with van der Waals surface area (Å²) in [6.45, 7) is 3.80. The largest absolute Gasteiger partial charge is 0.457 e. The topological polar surface area (TPSA) is 145 Å². The molecule has 2 aliphatic heterocycles. The fraction of sp³-hybridized carbons (Fsp3) is 0.417. The number of esters is 1. The second kappa shape index (κ2) is 10.1. The van der Waals surface area contributed by atoms with E-state index in [0.717, 1.165) is 16.7 Å². The summed E-state index contributed by atoms with van der Waals surface area (Å²) in [7, 11) is 1.62. The third kappa shape index (κ3) is 4.70. The third-order valence-electron chi connectivity index (χ3n) is 6.85. The number of carbonyl (C=O) groups is 2. The molecule has 5 rings (SSSR count). The SMILES string of the molecule is CO[C@@H]1CN(CC(O)c2ccc3c(c2C)COC3=O)CC[C@@H]1NC(=O)c1ccc(-n2cnnn2)nc1. The molecule has 3 atom stereocenters. The summed E-state index contributed by atoms with van der Waals surface area (Å²) in [5, 5.41) is 24.9. The van der Waals surface area contributed by atoms with E-state index in [2.05, 4.69) is 30.7 Å². The van der Waals surface area contributed by atoms with E-state index in [1.54, 1.807) is 31.4 Å². The molecular formula is C24H27N7O5. The quantitative estimate of drug-likeness (QED) is 0.449. The van der Waals surface area contributed by atoms with E-state index in [0.29, 0.717) is 43.0 Å². The molecule has 0 spiro atoms. The lowest BCUT2D eigenvalue weighted by Gasteiger charge is -2.39. The highest BCUT2D eigenvalue weighted by Crippen LogP contribution is 2.30. The molecule has 2 aromatic heterocycles. The van der Waals surface area contributed by atoms with Gasteiger partial charge in [-0.25, -0.2) is 9.78 Å². The zero-order valence-electron chi connectivity index (χ0n) is 20.0. The van der Waals surface area contributed by atoms with Crippen LogP contribution >= 0.6 is 0 Å². The smallest absolute Gasteiger partial charge is 0.338 e. The van der Waals surface area contributed by atoms with Crippen LogP contribution in [0.4, 0.5) is 0 Å². The molecule has 1 fully saturated rings. The lowest BCUT2D eigenvalue weighted by atomic mass is 9.94. The number of hydrogen-bond acceptors (Lipinski definition) is 10. The minimum atomic E-state index is -0.723. The Morgan fingerprint density at radius 1 is 1.33 bits per heavy atom. The maximum atomic E-state index is 12.8. The van der Waals surface area contributed by atoms with E-state index in [4.69, 9.17) is 9.47 Å². The highest BCUT2D eigenvalue weighted by molar-refractivity contribution is 5.94. The molecule has 1 aromatic carbocycles. The Labute approximate surface area is 207 Å². The number of cyclic esters (lactones) is 1. The zero-order valence-corrected chi connectivity index (χ0v) is 20.0. The minimum Gasteiger partial charge on any atom is -0.457 e. The van der Waals surface area contributed by atoms with Crippen molar-refractivity contribution in [2.24, 2.45) is 0 Å². The molecule has 1 amide bonds. The van der Waals surface area contributed by atoms with Gasteiger partial charge in [-0.15, -0.1) is 5.10 Å². The highest BCUT2D eigenvalue weighted by atomic mass is 16.5. The molecule has 0 saturated carbocycles. The van der Waals surface area contributed by atoms with Gasteiger partial charge in [0.15, 0.2) is 5.82 Å². The van der Waals surface area contributed by atoms with Crippen LogP contribution in [0.15, 0.2) is 36.8 Å². The van der Waals surface area contributed by atoms with Crippen LogP contribution in [0.1, 0.15) is 49.9 Å². The molecule has 0 aliphatic carbocycles. The molecule has 0 radical (unpaired) electrons. The lowest BCUT2D eigenvalue weighted by molar-refractivity contribution is -0.00755. The number of aromatic nitrogens is 5. The van der Waals surface area contributed by atoms with Crippen molar-refractivity contribution in [1.82, 2.24) is 35.4 Å². The van der Waals surface area contributed by atoms with Crippen molar-refractivity contribution in [3.8, 4) is 5.82 Å². The number of likely N-dealkylation sites (tertiary alicyclic amines) is 1. The predicted octanol–water partition coefficient (Wildman–Crippen LogP) is 0.589. The number of pyridine rings is 1. The summed E-state index contributed by atoms with van der Waals surface area (Å²) in [6.07, 6.45) is 2.61. The minimum absolute atomic E-state index is 0.181. The maximum Gasteiger partial charge on any atom is 0.338 e. The van der Waals surface area contributed by atoms with Gasteiger partial charge >= 0.3 is 5.97 Å². The second-order valence-corrected chi connectivity index (χ2v) is 8.96. The van der Waals surface area contributed by atoms with E-state index >= 15 is 0 Å². The molecule has 2 N–H and O–H groups in total. The molecular weight excluding hydrogens is 466 g/mol. The standard InChI is InChI=1S/C24H27N7O5/c1-14-16(4-5-17-18(14)12-36-24(17)34)20(32)10-30-8-7-19(21(11-30)35-2)27-23(33)15-3-6-22(25-9-15)31-13-26-28-29-31/h3-6,9,13,19-21,32H,7-8,10-12H2,1-2H3,(H,27,33)/t19-,20?,21+/m0/s1. The van der Waals surface area contributed by atoms with E-state index in [-0.39, 0.29) is 30.6 Å². The number of aliphatic hydroxyl groups is 1. The first-order chi connectivity index (χ1) is 17.4. The number of nitrogens with zero attached hydrogens (tertiary/aromatic N) is 6. The Morgan fingerprint density at radius 2 is 2.19 bits per heavy atom. The first kappa shape index (κ1) is 24.0. The van der Waals surface area contributed by atoms with Gasteiger partial charge in [0.05, 0.1) is 29.4 Å². The molecule has 2 aliphatic rings. The summed E-state index contributed by atoms with van der Waals surface area (Å²) in [5.74, 6) is -0.0480. The second-order valence-electron chi connectivity index (χ2n) is 8.96. The fourth-order valence-corrected chi connectivity index (χ4v) is 4.80. The number of ether oxygens (including phenoxy) is 2. The highest BCUT2D eigenvalue weighted by Gasteiger charge is 2.32. The van der Waals surface area contributed by atoms with Gasteiger partial charge in [-0.1, -0.05) is 6.07 Å². The van der Waals surface area contributed by atoms with E-state index in [9.17, 15) is 14.7 Å². The van der Waals surface area contributed by atoms with Crippen LogP contribution in [0.25, 0.3) is 5.82 Å². The number of carbonyl (C=O) groups excluding carboxylic acids is 2. The number of nitrogens with one attached hydrogen (secondary N) is 1. The molecule has 1 unspecified atom stereocenters. The van der Waals surface area contributed by atoms with E-state index in [1.807, 2.05) is 6.92 Å². The Morgan fingerprint density at radius 3 is 2.92 bits per heavy atom. The molecule has 4 heterocycles. The van der Waals surface area contributed by atoms with Gasteiger partial charge in [-0.2, -0.15) is 4.68 Å². The third-order valence-corrected chi connectivity index (χ3v) is 6.85. The number of aliphatic hydroxyl groups excluding tert-OH is 1. The van der Waals surface area contributed by atoms with Crippen LogP contribution in [0.2, 0.25) is 0 Å². The van der Waals surface area contributed by atoms with Gasteiger partial charge in [0.2, 0.25) is 0 Å². The van der Waals surface area contributed by atoms with Crippen molar-refractivity contribution in [2.45, 2.75) is 38.2 Å². The van der Waals surface area contributed by atoms with Gasteiger partial charge in [0.1, 0.15) is 12.9 Å². The maximum absolute atomic E-state index is 12.8. The van der Waals surface area contributed by atoms with Crippen LogP contribution < -0.4 is 5.32 Å². The van der Waals surface area contributed by atoms with Crippen LogP contribution in [0.3, 0.4) is 0 Å². The monoisotopic (exact) mass is 493 g/mol. The number of fused-ring (bicyclic) bond motifs is 1. The fourth-order valence-electron chi connectivity index (χ4n) is 4.80. The van der Waals surface area contributed by atoms with Crippen molar-refractivity contribution < 1.29 is 24.2 Å². The first-order valence-corrected chi connectivity index (χ1v) is 11.7. The average Bonchev–Trinajstić information content (AvgIpc) is 3.56. The van der Waals surface area contributed by atoms with Crippen molar-refractivity contribution in [3.05, 3.63) is 64.6 Å². The summed E-state index contributed by atoms with van der Waals surface area (Å²) in [4.78, 5) is 31.0. The number of hydrogen-bond donors (Lipinski definition) is 2. The normalized spacial score (nSPS) is 20.6. The Kier molecular flexibility index (Phi) is 6.72. The van der Waals surface area contributed by atoms with Gasteiger partial charge in [-0.3, -0.25) is 9.69 Å². The summed E-state index contributed by atoms with van der Waals surface area (Å²) < 4.78 is 12.2. The number of rotatable bonds is 7. The first-order valence-electron chi connectivity index (χ1n) is 11.7. The molecule has 188 valence electrons.